The van der Waals surface area contributed by atoms with E-state index in [1.54, 1.807) is 0 Å². The van der Waals surface area contributed by atoms with Gasteiger partial charge in [-0.25, -0.2) is 0 Å². The molecule has 1 unspecified atom stereocenters. The summed E-state index contributed by atoms with van der Waals surface area (Å²) in [5, 5.41) is 1.59. The smallest absolute Gasteiger partial charge is 0.227 e. The minimum Gasteiger partial charge on any atom is -0.339 e. The summed E-state index contributed by atoms with van der Waals surface area (Å²) in [6.07, 6.45) is 5.16. The molecule has 1 aromatic rings. The molecular weight excluding hydrogens is 326 g/mol. The molecule has 0 aromatic heterocycles. The summed E-state index contributed by atoms with van der Waals surface area (Å²) < 4.78 is 0. The third-order valence-electron chi connectivity index (χ3n) is 3.64. The maximum Gasteiger partial charge on any atom is 0.227 e. The molecule has 1 aliphatic heterocycles. The number of halogens is 2. The Morgan fingerprint density at radius 3 is 2.68 bits per heavy atom. The molecule has 0 bridgehead atoms. The second kappa shape index (κ2) is 7.30. The van der Waals surface area contributed by atoms with Crippen molar-refractivity contribution in [3.05, 3.63) is 34.9 Å². The standard InChI is InChI=1S/C15H19BrClNO/c16-11-14-4-2-1-3-9-18(14)15(19)10-12-5-7-13(17)8-6-12/h5-8,14H,1-4,9-11H2. The van der Waals surface area contributed by atoms with Gasteiger partial charge >= 0.3 is 0 Å². The van der Waals surface area contributed by atoms with E-state index in [9.17, 15) is 4.79 Å². The van der Waals surface area contributed by atoms with Crippen molar-refractivity contribution in [3.8, 4) is 0 Å². The van der Waals surface area contributed by atoms with Gasteiger partial charge in [0.2, 0.25) is 5.91 Å². The van der Waals surface area contributed by atoms with Crippen molar-refractivity contribution >= 4 is 33.4 Å². The molecule has 1 aromatic carbocycles. The van der Waals surface area contributed by atoms with E-state index in [1.807, 2.05) is 24.3 Å². The average molecular weight is 345 g/mol. The normalized spacial score (nSPS) is 20.1. The minimum absolute atomic E-state index is 0.230. The van der Waals surface area contributed by atoms with Gasteiger partial charge in [-0.1, -0.05) is 52.5 Å². The van der Waals surface area contributed by atoms with Crippen LogP contribution in [0.5, 0.6) is 0 Å². The number of benzene rings is 1. The van der Waals surface area contributed by atoms with Crippen molar-refractivity contribution in [3.63, 3.8) is 0 Å². The molecule has 104 valence electrons. The van der Waals surface area contributed by atoms with E-state index < -0.39 is 0 Å². The van der Waals surface area contributed by atoms with Crippen LogP contribution in [0.3, 0.4) is 0 Å². The molecule has 1 fully saturated rings. The SMILES string of the molecule is O=C(Cc1ccc(Cl)cc1)N1CCCCCC1CBr. The van der Waals surface area contributed by atoms with Gasteiger partial charge in [0.1, 0.15) is 0 Å². The molecule has 0 aliphatic carbocycles. The number of carbonyl (C=O) groups is 1. The maximum atomic E-state index is 12.4. The Morgan fingerprint density at radius 2 is 2.00 bits per heavy atom. The number of likely N-dealkylation sites (tertiary alicyclic amines) is 1. The summed E-state index contributed by atoms with van der Waals surface area (Å²) in [6.45, 7) is 0.892. The van der Waals surface area contributed by atoms with Gasteiger partial charge in [0, 0.05) is 22.9 Å². The van der Waals surface area contributed by atoms with Crippen LogP contribution in [0.1, 0.15) is 31.2 Å². The predicted octanol–water partition coefficient (Wildman–Crippen LogP) is 4.05. The molecule has 0 radical (unpaired) electrons. The zero-order valence-corrected chi connectivity index (χ0v) is 13.3. The third-order valence-corrected chi connectivity index (χ3v) is 4.64. The van der Waals surface area contributed by atoms with E-state index in [2.05, 4.69) is 20.8 Å². The fourth-order valence-corrected chi connectivity index (χ4v) is 3.34. The number of alkyl halides is 1. The number of amides is 1. The number of hydrogen-bond donors (Lipinski definition) is 0. The molecule has 2 nitrogen and oxygen atoms in total. The van der Waals surface area contributed by atoms with Gasteiger partial charge in [-0.3, -0.25) is 4.79 Å². The Balaban J connectivity index is 2.02. The largest absolute Gasteiger partial charge is 0.339 e. The first-order valence-corrected chi connectivity index (χ1v) is 8.30. The van der Waals surface area contributed by atoms with Gasteiger partial charge < -0.3 is 4.90 Å². The Labute approximate surface area is 128 Å². The summed E-state index contributed by atoms with van der Waals surface area (Å²) in [5.74, 6) is 0.230. The lowest BCUT2D eigenvalue weighted by Gasteiger charge is -2.29. The Morgan fingerprint density at radius 1 is 1.26 bits per heavy atom. The molecule has 1 saturated heterocycles. The second-order valence-electron chi connectivity index (χ2n) is 5.05. The summed E-state index contributed by atoms with van der Waals surface area (Å²) in [5.41, 5.74) is 1.03. The summed E-state index contributed by atoms with van der Waals surface area (Å²) in [4.78, 5) is 14.5. The first-order chi connectivity index (χ1) is 9.20. The summed E-state index contributed by atoms with van der Waals surface area (Å²) in [7, 11) is 0. The van der Waals surface area contributed by atoms with Crippen molar-refractivity contribution in [1.29, 1.82) is 0 Å². The van der Waals surface area contributed by atoms with Crippen LogP contribution in [0.25, 0.3) is 0 Å². The van der Waals surface area contributed by atoms with Crippen molar-refractivity contribution in [2.24, 2.45) is 0 Å². The van der Waals surface area contributed by atoms with Crippen molar-refractivity contribution < 1.29 is 4.79 Å². The zero-order chi connectivity index (χ0) is 13.7. The molecular formula is C15H19BrClNO. The maximum absolute atomic E-state index is 12.4. The van der Waals surface area contributed by atoms with E-state index >= 15 is 0 Å². The first-order valence-electron chi connectivity index (χ1n) is 6.80. The quantitative estimate of drug-likeness (QED) is 0.758. The lowest BCUT2D eigenvalue weighted by molar-refractivity contribution is -0.132. The Kier molecular flexibility index (Phi) is 5.71. The molecule has 0 saturated carbocycles. The molecule has 0 spiro atoms. The van der Waals surface area contributed by atoms with E-state index in [0.717, 1.165) is 30.3 Å². The summed E-state index contributed by atoms with van der Waals surface area (Å²) in [6, 6.07) is 7.90. The fraction of sp³-hybridized carbons (Fsp3) is 0.533. The Bertz CT molecular complexity index is 421. The van der Waals surface area contributed by atoms with Crippen molar-refractivity contribution in [2.75, 3.05) is 11.9 Å². The molecule has 1 amide bonds. The second-order valence-corrected chi connectivity index (χ2v) is 6.13. The van der Waals surface area contributed by atoms with E-state index in [0.29, 0.717) is 17.5 Å². The van der Waals surface area contributed by atoms with Gasteiger partial charge in [-0.2, -0.15) is 0 Å². The minimum atomic E-state index is 0.230. The summed E-state index contributed by atoms with van der Waals surface area (Å²) >= 11 is 9.40. The van der Waals surface area contributed by atoms with Crippen molar-refractivity contribution in [1.82, 2.24) is 4.90 Å². The van der Waals surface area contributed by atoms with Gasteiger partial charge in [-0.05, 0) is 30.5 Å². The first kappa shape index (κ1) is 14.9. The van der Waals surface area contributed by atoms with Crippen LogP contribution < -0.4 is 0 Å². The highest BCUT2D eigenvalue weighted by Gasteiger charge is 2.24. The fourth-order valence-electron chi connectivity index (χ4n) is 2.54. The molecule has 4 heteroatoms. The number of nitrogens with zero attached hydrogens (tertiary/aromatic N) is 1. The van der Waals surface area contributed by atoms with Gasteiger partial charge in [0.15, 0.2) is 0 Å². The average Bonchev–Trinajstić information content (AvgIpc) is 2.66. The molecule has 2 rings (SSSR count). The number of hydrogen-bond acceptors (Lipinski definition) is 1. The van der Waals surface area contributed by atoms with Crippen LogP contribution in [0.15, 0.2) is 24.3 Å². The van der Waals surface area contributed by atoms with Crippen LogP contribution in [-0.2, 0) is 11.2 Å². The highest BCUT2D eigenvalue weighted by atomic mass is 79.9. The van der Waals surface area contributed by atoms with E-state index in [4.69, 9.17) is 11.6 Å². The third kappa shape index (κ3) is 4.22. The lowest BCUT2D eigenvalue weighted by atomic mass is 10.1. The van der Waals surface area contributed by atoms with Gasteiger partial charge in [0.05, 0.1) is 6.42 Å². The zero-order valence-electron chi connectivity index (χ0n) is 10.9. The highest BCUT2D eigenvalue weighted by Crippen LogP contribution is 2.20. The van der Waals surface area contributed by atoms with Crippen LogP contribution >= 0.6 is 27.5 Å². The van der Waals surface area contributed by atoms with E-state index in [-0.39, 0.29) is 5.91 Å². The van der Waals surface area contributed by atoms with Crippen LogP contribution in [0, 0.1) is 0 Å². The monoisotopic (exact) mass is 343 g/mol. The Hall–Kier alpha value is -0.540. The van der Waals surface area contributed by atoms with Crippen LogP contribution in [-0.4, -0.2) is 28.7 Å². The molecule has 1 atom stereocenters. The predicted molar refractivity (Wildman–Crippen MR) is 82.9 cm³/mol. The number of carbonyl (C=O) groups excluding carboxylic acids is 1. The molecule has 1 heterocycles. The number of rotatable bonds is 3. The topological polar surface area (TPSA) is 20.3 Å². The molecule has 19 heavy (non-hydrogen) atoms. The van der Waals surface area contributed by atoms with Crippen LogP contribution in [0.4, 0.5) is 0 Å². The van der Waals surface area contributed by atoms with Gasteiger partial charge in [0.25, 0.3) is 0 Å². The lowest BCUT2D eigenvalue weighted by Crippen LogP contribution is -2.41. The van der Waals surface area contributed by atoms with Gasteiger partial charge in [-0.15, -0.1) is 0 Å². The highest BCUT2D eigenvalue weighted by molar-refractivity contribution is 9.09. The van der Waals surface area contributed by atoms with Crippen molar-refractivity contribution in [2.45, 2.75) is 38.1 Å². The molecule has 1 aliphatic rings. The molecule has 0 N–H and O–H groups in total. The van der Waals surface area contributed by atoms with Crippen LogP contribution in [0.2, 0.25) is 5.02 Å². The van der Waals surface area contributed by atoms with E-state index in [1.165, 1.54) is 12.8 Å².